The van der Waals surface area contributed by atoms with Crippen molar-refractivity contribution in [3.63, 3.8) is 0 Å². The average molecular weight is 266 g/mol. The fourth-order valence-electron chi connectivity index (χ4n) is 4.53. The van der Waals surface area contributed by atoms with Crippen LogP contribution >= 0.6 is 0 Å². The molecule has 2 unspecified atom stereocenters. The molecule has 1 saturated heterocycles. The van der Waals surface area contributed by atoms with E-state index in [2.05, 4.69) is 6.92 Å². The molecule has 3 fully saturated rings. The SMILES string of the molecule is CCC1CCC(C2(C(=O)O)CCOC2C2CC2)CC1. The second-order valence-electron chi connectivity index (χ2n) is 6.85. The average Bonchev–Trinajstić information content (AvgIpc) is 3.17. The first-order valence-electron chi connectivity index (χ1n) is 8.03. The summed E-state index contributed by atoms with van der Waals surface area (Å²) in [6, 6.07) is 0. The molecule has 19 heavy (non-hydrogen) atoms. The van der Waals surface area contributed by atoms with Crippen LogP contribution in [-0.4, -0.2) is 23.8 Å². The van der Waals surface area contributed by atoms with Gasteiger partial charge in [0.15, 0.2) is 0 Å². The zero-order valence-corrected chi connectivity index (χ0v) is 11.9. The zero-order chi connectivity index (χ0) is 13.5. The Morgan fingerprint density at radius 3 is 2.42 bits per heavy atom. The van der Waals surface area contributed by atoms with Crippen molar-refractivity contribution in [2.24, 2.45) is 23.2 Å². The molecule has 0 radical (unpaired) electrons. The molecule has 1 N–H and O–H groups in total. The highest BCUT2D eigenvalue weighted by Gasteiger charge is 2.59. The lowest BCUT2D eigenvalue weighted by Gasteiger charge is -2.41. The van der Waals surface area contributed by atoms with Crippen LogP contribution in [0.25, 0.3) is 0 Å². The van der Waals surface area contributed by atoms with E-state index in [1.165, 1.54) is 32.1 Å². The number of aliphatic carboxylic acids is 1. The van der Waals surface area contributed by atoms with E-state index in [9.17, 15) is 9.90 Å². The molecule has 2 aliphatic carbocycles. The molecule has 3 heteroatoms. The minimum absolute atomic E-state index is 0.00757. The second-order valence-corrected chi connectivity index (χ2v) is 6.85. The molecule has 0 aromatic rings. The van der Waals surface area contributed by atoms with Crippen LogP contribution in [0.15, 0.2) is 0 Å². The fourth-order valence-corrected chi connectivity index (χ4v) is 4.53. The van der Waals surface area contributed by atoms with E-state index in [4.69, 9.17) is 4.74 Å². The standard InChI is InChI=1S/C16H26O3/c1-2-11-3-7-13(8-4-11)16(15(17)18)9-10-19-14(16)12-5-6-12/h11-14H,2-10H2,1H3,(H,17,18). The highest BCUT2D eigenvalue weighted by atomic mass is 16.5. The fraction of sp³-hybridized carbons (Fsp3) is 0.938. The quantitative estimate of drug-likeness (QED) is 0.847. The number of hydrogen-bond donors (Lipinski definition) is 1. The summed E-state index contributed by atoms with van der Waals surface area (Å²) in [5.74, 6) is 1.12. The van der Waals surface area contributed by atoms with E-state index in [0.717, 1.165) is 25.2 Å². The Balaban J connectivity index is 1.78. The molecule has 3 rings (SSSR count). The van der Waals surface area contributed by atoms with Gasteiger partial charge in [-0.1, -0.05) is 26.2 Å². The lowest BCUT2D eigenvalue weighted by molar-refractivity contribution is -0.160. The van der Waals surface area contributed by atoms with Crippen molar-refractivity contribution in [2.45, 2.75) is 64.4 Å². The Kier molecular flexibility index (Phi) is 3.59. The molecule has 1 heterocycles. The van der Waals surface area contributed by atoms with Gasteiger partial charge in [-0.2, -0.15) is 0 Å². The largest absolute Gasteiger partial charge is 0.481 e. The predicted molar refractivity (Wildman–Crippen MR) is 72.9 cm³/mol. The third kappa shape index (κ3) is 2.20. The van der Waals surface area contributed by atoms with Gasteiger partial charge in [0.25, 0.3) is 0 Å². The summed E-state index contributed by atoms with van der Waals surface area (Å²) in [7, 11) is 0. The molecule has 0 amide bonds. The van der Waals surface area contributed by atoms with Crippen molar-refractivity contribution < 1.29 is 14.6 Å². The summed E-state index contributed by atoms with van der Waals surface area (Å²) < 4.78 is 5.88. The van der Waals surface area contributed by atoms with Gasteiger partial charge in [-0.15, -0.1) is 0 Å². The van der Waals surface area contributed by atoms with Crippen molar-refractivity contribution in [3.05, 3.63) is 0 Å². The van der Waals surface area contributed by atoms with Crippen LogP contribution in [0, 0.1) is 23.2 Å². The van der Waals surface area contributed by atoms with Crippen molar-refractivity contribution in [1.29, 1.82) is 0 Å². The Hall–Kier alpha value is -0.570. The first-order valence-corrected chi connectivity index (χ1v) is 8.03. The summed E-state index contributed by atoms with van der Waals surface area (Å²) in [5.41, 5.74) is -0.556. The number of carboxylic acids is 1. The Morgan fingerprint density at radius 1 is 1.21 bits per heavy atom. The normalized spacial score (nSPS) is 43.3. The molecule has 3 nitrogen and oxygen atoms in total. The van der Waals surface area contributed by atoms with Crippen molar-refractivity contribution >= 4 is 5.97 Å². The first kappa shape index (κ1) is 13.4. The van der Waals surface area contributed by atoms with Crippen molar-refractivity contribution in [1.82, 2.24) is 0 Å². The van der Waals surface area contributed by atoms with Gasteiger partial charge in [0.05, 0.1) is 11.5 Å². The van der Waals surface area contributed by atoms with Crippen LogP contribution < -0.4 is 0 Å². The minimum atomic E-state index is -0.582. The van der Waals surface area contributed by atoms with Crippen molar-refractivity contribution in [2.75, 3.05) is 6.61 Å². The van der Waals surface area contributed by atoms with Crippen LogP contribution in [0.2, 0.25) is 0 Å². The van der Waals surface area contributed by atoms with Crippen LogP contribution in [0.4, 0.5) is 0 Å². The van der Waals surface area contributed by atoms with E-state index < -0.39 is 11.4 Å². The summed E-state index contributed by atoms with van der Waals surface area (Å²) in [4.78, 5) is 12.0. The summed E-state index contributed by atoms with van der Waals surface area (Å²) in [6.07, 6.45) is 8.96. The smallest absolute Gasteiger partial charge is 0.312 e. The molecule has 0 bridgehead atoms. The van der Waals surface area contributed by atoms with Gasteiger partial charge in [0.2, 0.25) is 0 Å². The molecule has 0 aromatic carbocycles. The highest BCUT2D eigenvalue weighted by molar-refractivity contribution is 5.76. The molecular weight excluding hydrogens is 240 g/mol. The van der Waals surface area contributed by atoms with Gasteiger partial charge < -0.3 is 9.84 Å². The summed E-state index contributed by atoms with van der Waals surface area (Å²) in [6.45, 7) is 2.91. The predicted octanol–water partition coefficient (Wildman–Crippen LogP) is 3.47. The van der Waals surface area contributed by atoms with E-state index >= 15 is 0 Å². The Labute approximate surface area is 115 Å². The van der Waals surface area contributed by atoms with Gasteiger partial charge in [0.1, 0.15) is 0 Å². The van der Waals surface area contributed by atoms with Gasteiger partial charge in [-0.05, 0) is 49.9 Å². The number of hydrogen-bond acceptors (Lipinski definition) is 2. The molecule has 2 saturated carbocycles. The summed E-state index contributed by atoms with van der Waals surface area (Å²) in [5, 5.41) is 9.91. The molecule has 0 spiro atoms. The molecule has 108 valence electrons. The first-order chi connectivity index (χ1) is 9.18. The van der Waals surface area contributed by atoms with E-state index in [1.807, 2.05) is 0 Å². The maximum absolute atomic E-state index is 12.0. The third-order valence-electron chi connectivity index (χ3n) is 5.92. The number of carbonyl (C=O) groups is 1. The molecular formula is C16H26O3. The molecule has 3 aliphatic rings. The lowest BCUT2D eigenvalue weighted by atomic mass is 9.62. The second kappa shape index (κ2) is 5.08. The third-order valence-corrected chi connectivity index (χ3v) is 5.92. The zero-order valence-electron chi connectivity index (χ0n) is 11.9. The van der Waals surface area contributed by atoms with E-state index in [-0.39, 0.29) is 6.10 Å². The number of ether oxygens (including phenoxy) is 1. The van der Waals surface area contributed by atoms with Gasteiger partial charge in [-0.25, -0.2) is 0 Å². The van der Waals surface area contributed by atoms with Gasteiger partial charge >= 0.3 is 5.97 Å². The molecule has 1 aliphatic heterocycles. The summed E-state index contributed by atoms with van der Waals surface area (Å²) >= 11 is 0. The Bertz CT molecular complexity index is 342. The van der Waals surface area contributed by atoms with Crippen LogP contribution in [0.5, 0.6) is 0 Å². The topological polar surface area (TPSA) is 46.5 Å². The van der Waals surface area contributed by atoms with Crippen LogP contribution in [0.1, 0.15) is 58.3 Å². The van der Waals surface area contributed by atoms with Gasteiger partial charge in [0, 0.05) is 6.61 Å². The monoisotopic (exact) mass is 266 g/mol. The number of carboxylic acid groups (broad SMARTS) is 1. The van der Waals surface area contributed by atoms with Crippen LogP contribution in [0.3, 0.4) is 0 Å². The maximum Gasteiger partial charge on any atom is 0.312 e. The van der Waals surface area contributed by atoms with E-state index in [1.54, 1.807) is 0 Å². The lowest BCUT2D eigenvalue weighted by Crippen LogP contribution is -2.47. The van der Waals surface area contributed by atoms with Crippen molar-refractivity contribution in [3.8, 4) is 0 Å². The van der Waals surface area contributed by atoms with Gasteiger partial charge in [-0.3, -0.25) is 4.79 Å². The number of rotatable bonds is 4. The Morgan fingerprint density at radius 2 is 1.89 bits per heavy atom. The molecule has 2 atom stereocenters. The minimum Gasteiger partial charge on any atom is -0.481 e. The highest BCUT2D eigenvalue weighted by Crippen LogP contribution is 2.55. The molecule has 0 aromatic heterocycles. The van der Waals surface area contributed by atoms with Crippen LogP contribution in [-0.2, 0) is 9.53 Å². The maximum atomic E-state index is 12.0. The van der Waals surface area contributed by atoms with E-state index in [0.29, 0.717) is 18.4 Å².